The summed E-state index contributed by atoms with van der Waals surface area (Å²) < 4.78 is 5.70. The van der Waals surface area contributed by atoms with E-state index in [1.165, 1.54) is 32.1 Å². The molecule has 1 atom stereocenters. The second-order valence-corrected chi connectivity index (χ2v) is 5.05. The molecule has 2 fully saturated rings. The largest absolute Gasteiger partial charge is 0.377 e. The summed E-state index contributed by atoms with van der Waals surface area (Å²) in [5, 5.41) is 0. The number of nitrogens with two attached hydrogens (primary N) is 1. The van der Waals surface area contributed by atoms with E-state index in [4.69, 9.17) is 10.5 Å². The summed E-state index contributed by atoms with van der Waals surface area (Å²) in [6, 6.07) is 0. The van der Waals surface area contributed by atoms with Crippen LogP contribution in [0.25, 0.3) is 0 Å². The molecule has 1 saturated carbocycles. The second-order valence-electron chi connectivity index (χ2n) is 5.05. The van der Waals surface area contributed by atoms with Crippen molar-refractivity contribution in [3.63, 3.8) is 0 Å². The smallest absolute Gasteiger partial charge is 0.0701 e. The van der Waals surface area contributed by atoms with Gasteiger partial charge in [-0.15, -0.1) is 0 Å². The molecule has 0 bridgehead atoms. The number of ether oxygens (including phenoxy) is 1. The van der Waals surface area contributed by atoms with Crippen LogP contribution in [0.4, 0.5) is 0 Å². The molecule has 3 heteroatoms. The standard InChI is InChI=1S/C11H22N2O/c1-13(9-11(12)5-6-11)8-10-4-2-3-7-14-10/h10H,2-9,12H2,1H3. The quantitative estimate of drug-likeness (QED) is 0.732. The molecule has 82 valence electrons. The van der Waals surface area contributed by atoms with Gasteiger partial charge in [-0.3, -0.25) is 0 Å². The highest BCUT2D eigenvalue weighted by Gasteiger charge is 2.39. The van der Waals surface area contributed by atoms with Crippen molar-refractivity contribution in [1.82, 2.24) is 4.90 Å². The van der Waals surface area contributed by atoms with Crippen LogP contribution in [0, 0.1) is 0 Å². The lowest BCUT2D eigenvalue weighted by Gasteiger charge is -2.28. The van der Waals surface area contributed by atoms with Gasteiger partial charge in [0.1, 0.15) is 0 Å². The average Bonchev–Trinajstić information content (AvgIpc) is 2.84. The van der Waals surface area contributed by atoms with Gasteiger partial charge in [0.05, 0.1) is 6.10 Å². The third kappa shape index (κ3) is 2.94. The van der Waals surface area contributed by atoms with Gasteiger partial charge < -0.3 is 15.4 Å². The van der Waals surface area contributed by atoms with Gasteiger partial charge >= 0.3 is 0 Å². The fraction of sp³-hybridized carbons (Fsp3) is 1.00. The molecule has 0 aromatic rings. The lowest BCUT2D eigenvalue weighted by molar-refractivity contribution is -0.00247. The molecule has 2 rings (SSSR count). The summed E-state index contributed by atoms with van der Waals surface area (Å²) in [5.41, 5.74) is 6.21. The van der Waals surface area contributed by atoms with E-state index in [-0.39, 0.29) is 5.54 Å². The Bertz CT molecular complexity index is 186. The predicted octanol–water partition coefficient (Wildman–Crippen LogP) is 0.979. The third-order valence-electron chi connectivity index (χ3n) is 3.27. The Kier molecular flexibility index (Phi) is 3.10. The highest BCUT2D eigenvalue weighted by molar-refractivity contribution is 5.00. The zero-order valence-electron chi connectivity index (χ0n) is 9.17. The fourth-order valence-electron chi connectivity index (χ4n) is 2.22. The first-order valence-electron chi connectivity index (χ1n) is 5.77. The molecule has 1 unspecified atom stereocenters. The van der Waals surface area contributed by atoms with Crippen LogP contribution >= 0.6 is 0 Å². The number of rotatable bonds is 4. The fourth-order valence-corrected chi connectivity index (χ4v) is 2.22. The maximum absolute atomic E-state index is 6.07. The molecule has 1 heterocycles. The van der Waals surface area contributed by atoms with Gasteiger partial charge in [-0.2, -0.15) is 0 Å². The van der Waals surface area contributed by atoms with Crippen LogP contribution in [0.3, 0.4) is 0 Å². The number of hydrogen-bond donors (Lipinski definition) is 1. The summed E-state index contributed by atoms with van der Waals surface area (Å²) in [6.07, 6.45) is 6.64. The first kappa shape index (κ1) is 10.4. The topological polar surface area (TPSA) is 38.5 Å². The van der Waals surface area contributed by atoms with Gasteiger partial charge in [0.2, 0.25) is 0 Å². The maximum Gasteiger partial charge on any atom is 0.0701 e. The van der Waals surface area contributed by atoms with Crippen LogP contribution in [0.5, 0.6) is 0 Å². The van der Waals surface area contributed by atoms with Crippen molar-refractivity contribution >= 4 is 0 Å². The molecule has 1 aliphatic carbocycles. The van der Waals surface area contributed by atoms with Crippen molar-refractivity contribution in [3.05, 3.63) is 0 Å². The number of likely N-dealkylation sites (N-methyl/N-ethyl adjacent to an activating group) is 1. The Morgan fingerprint density at radius 3 is 2.79 bits per heavy atom. The molecular weight excluding hydrogens is 176 g/mol. The van der Waals surface area contributed by atoms with Crippen LogP contribution in [-0.2, 0) is 4.74 Å². The van der Waals surface area contributed by atoms with E-state index in [0.29, 0.717) is 6.10 Å². The van der Waals surface area contributed by atoms with Gasteiger partial charge in [0.15, 0.2) is 0 Å². The van der Waals surface area contributed by atoms with Gasteiger partial charge in [0, 0.05) is 25.2 Å². The van der Waals surface area contributed by atoms with Gasteiger partial charge in [-0.1, -0.05) is 0 Å². The van der Waals surface area contributed by atoms with Crippen molar-refractivity contribution in [1.29, 1.82) is 0 Å². The molecule has 1 saturated heterocycles. The lowest BCUT2D eigenvalue weighted by atomic mass is 10.1. The first-order valence-corrected chi connectivity index (χ1v) is 5.77. The minimum atomic E-state index is 0.142. The third-order valence-corrected chi connectivity index (χ3v) is 3.27. The number of hydrogen-bond acceptors (Lipinski definition) is 3. The molecule has 14 heavy (non-hydrogen) atoms. The maximum atomic E-state index is 6.07. The minimum absolute atomic E-state index is 0.142. The van der Waals surface area contributed by atoms with E-state index in [1.807, 2.05) is 0 Å². The molecule has 2 aliphatic rings. The molecule has 2 N–H and O–H groups in total. The van der Waals surface area contributed by atoms with Gasteiger partial charge in [-0.05, 0) is 39.2 Å². The Hall–Kier alpha value is -0.120. The zero-order valence-corrected chi connectivity index (χ0v) is 9.17. The van der Waals surface area contributed by atoms with Crippen LogP contribution in [0.1, 0.15) is 32.1 Å². The Balaban J connectivity index is 1.67. The highest BCUT2D eigenvalue weighted by atomic mass is 16.5. The summed E-state index contributed by atoms with van der Waals surface area (Å²) in [6.45, 7) is 3.04. The zero-order chi connectivity index (χ0) is 10.0. The van der Waals surface area contributed by atoms with Gasteiger partial charge in [0.25, 0.3) is 0 Å². The molecule has 0 radical (unpaired) electrons. The average molecular weight is 198 g/mol. The SMILES string of the molecule is CN(CC1CCCCO1)CC1(N)CC1. The van der Waals surface area contributed by atoms with E-state index in [9.17, 15) is 0 Å². The summed E-state index contributed by atoms with van der Waals surface area (Å²) in [7, 11) is 2.16. The van der Waals surface area contributed by atoms with E-state index in [0.717, 1.165) is 19.7 Å². The molecule has 0 aromatic carbocycles. The van der Waals surface area contributed by atoms with Crippen molar-refractivity contribution in [2.75, 3.05) is 26.7 Å². The normalized spacial score (nSPS) is 30.6. The molecule has 0 aromatic heterocycles. The predicted molar refractivity (Wildman–Crippen MR) is 57.2 cm³/mol. The number of nitrogens with zero attached hydrogens (tertiary/aromatic N) is 1. The minimum Gasteiger partial charge on any atom is -0.377 e. The molecule has 3 nitrogen and oxygen atoms in total. The van der Waals surface area contributed by atoms with E-state index >= 15 is 0 Å². The van der Waals surface area contributed by atoms with Crippen molar-refractivity contribution in [3.8, 4) is 0 Å². The summed E-state index contributed by atoms with van der Waals surface area (Å²) >= 11 is 0. The van der Waals surface area contributed by atoms with Crippen molar-refractivity contribution in [2.45, 2.75) is 43.7 Å². The molecule has 0 spiro atoms. The molecule has 1 aliphatic heterocycles. The van der Waals surface area contributed by atoms with Gasteiger partial charge in [-0.25, -0.2) is 0 Å². The van der Waals surface area contributed by atoms with E-state index in [2.05, 4.69) is 11.9 Å². The second kappa shape index (κ2) is 4.17. The lowest BCUT2D eigenvalue weighted by Crippen LogP contribution is -2.41. The Labute approximate surface area is 86.6 Å². The Morgan fingerprint density at radius 1 is 1.43 bits per heavy atom. The highest BCUT2D eigenvalue weighted by Crippen LogP contribution is 2.32. The van der Waals surface area contributed by atoms with Crippen LogP contribution in [0.2, 0.25) is 0 Å². The van der Waals surface area contributed by atoms with Crippen molar-refractivity contribution in [2.24, 2.45) is 5.73 Å². The van der Waals surface area contributed by atoms with Crippen molar-refractivity contribution < 1.29 is 4.74 Å². The van der Waals surface area contributed by atoms with E-state index < -0.39 is 0 Å². The first-order chi connectivity index (χ1) is 6.68. The monoisotopic (exact) mass is 198 g/mol. The summed E-state index contributed by atoms with van der Waals surface area (Å²) in [5.74, 6) is 0. The Morgan fingerprint density at radius 2 is 2.21 bits per heavy atom. The summed E-state index contributed by atoms with van der Waals surface area (Å²) in [4.78, 5) is 2.34. The van der Waals surface area contributed by atoms with E-state index in [1.54, 1.807) is 0 Å². The van der Waals surface area contributed by atoms with Crippen LogP contribution in [0.15, 0.2) is 0 Å². The van der Waals surface area contributed by atoms with Crippen LogP contribution < -0.4 is 5.73 Å². The molecule has 0 amide bonds. The molecular formula is C11H22N2O. The van der Waals surface area contributed by atoms with Crippen LogP contribution in [-0.4, -0.2) is 43.3 Å².